The second kappa shape index (κ2) is 10.3. The minimum Gasteiger partial charge on any atom is -0.378 e. The van der Waals surface area contributed by atoms with Gasteiger partial charge in [-0.3, -0.25) is 15.1 Å². The van der Waals surface area contributed by atoms with E-state index in [1.165, 1.54) is 0 Å². The molecule has 37 heavy (non-hydrogen) atoms. The van der Waals surface area contributed by atoms with Crippen molar-refractivity contribution in [2.75, 3.05) is 19.0 Å². The molecule has 5 aromatic rings. The monoisotopic (exact) mass is 486 g/mol. The maximum atomic E-state index is 11.3. The standard InChI is InChI=1S/C31H26N4O2/c1-33(2)27-15-13-26(14-16-27)32-22-25-21-30(23-9-5-3-6-10-23)34(31(25)24-11-7-4-8-12-24)28-17-19-29(20-18-28)35(36)37/h3-22H,1-2H3. The van der Waals surface area contributed by atoms with E-state index >= 15 is 0 Å². The van der Waals surface area contributed by atoms with Gasteiger partial charge < -0.3 is 9.47 Å². The SMILES string of the molecule is CN(C)c1ccc(N=Cc2cc(-c3ccccc3)n(-c3ccc([N+](=O)[O-])cc3)c2-c2ccccc2)cc1. The molecule has 4 aromatic carbocycles. The highest BCUT2D eigenvalue weighted by molar-refractivity contribution is 5.94. The zero-order chi connectivity index (χ0) is 25.8. The van der Waals surface area contributed by atoms with Gasteiger partial charge in [0.2, 0.25) is 0 Å². The molecule has 0 saturated heterocycles. The lowest BCUT2D eigenvalue weighted by molar-refractivity contribution is -0.384. The molecule has 0 bridgehead atoms. The highest BCUT2D eigenvalue weighted by atomic mass is 16.6. The molecule has 0 atom stereocenters. The Hall–Kier alpha value is -4.97. The Morgan fingerprint density at radius 3 is 1.95 bits per heavy atom. The van der Waals surface area contributed by atoms with Crippen molar-refractivity contribution in [2.45, 2.75) is 0 Å². The molecule has 0 amide bonds. The molecule has 182 valence electrons. The minimum atomic E-state index is -0.380. The molecule has 0 unspecified atom stereocenters. The van der Waals surface area contributed by atoms with E-state index in [-0.39, 0.29) is 10.6 Å². The maximum absolute atomic E-state index is 11.3. The molecule has 0 radical (unpaired) electrons. The summed E-state index contributed by atoms with van der Waals surface area (Å²) in [4.78, 5) is 17.8. The van der Waals surface area contributed by atoms with Crippen molar-refractivity contribution in [1.82, 2.24) is 4.57 Å². The van der Waals surface area contributed by atoms with Gasteiger partial charge in [-0.2, -0.15) is 0 Å². The summed E-state index contributed by atoms with van der Waals surface area (Å²) in [5, 5.41) is 11.3. The molecule has 6 heteroatoms. The lowest BCUT2D eigenvalue weighted by Gasteiger charge is -2.15. The third-order valence-electron chi connectivity index (χ3n) is 6.18. The number of aliphatic imine (C=N–C) groups is 1. The summed E-state index contributed by atoms with van der Waals surface area (Å²) in [5.74, 6) is 0. The van der Waals surface area contributed by atoms with Crippen LogP contribution in [0, 0.1) is 10.1 Å². The lowest BCUT2D eigenvalue weighted by atomic mass is 10.1. The fraction of sp³-hybridized carbons (Fsp3) is 0.0645. The molecule has 5 rings (SSSR count). The van der Waals surface area contributed by atoms with Crippen molar-refractivity contribution in [1.29, 1.82) is 0 Å². The van der Waals surface area contributed by atoms with Crippen LogP contribution in [0.1, 0.15) is 5.56 Å². The van der Waals surface area contributed by atoms with Crippen LogP contribution in [-0.4, -0.2) is 29.8 Å². The largest absolute Gasteiger partial charge is 0.378 e. The summed E-state index contributed by atoms with van der Waals surface area (Å²) in [6.07, 6.45) is 1.89. The van der Waals surface area contributed by atoms with Crippen molar-refractivity contribution < 1.29 is 4.92 Å². The fourth-order valence-corrected chi connectivity index (χ4v) is 4.31. The quantitative estimate of drug-likeness (QED) is 0.136. The lowest BCUT2D eigenvalue weighted by Crippen LogP contribution is -2.07. The summed E-state index contributed by atoms with van der Waals surface area (Å²) in [7, 11) is 4.02. The summed E-state index contributed by atoms with van der Waals surface area (Å²) < 4.78 is 2.14. The molecule has 0 aliphatic heterocycles. The van der Waals surface area contributed by atoms with Gasteiger partial charge in [-0.05, 0) is 53.6 Å². The second-order valence-electron chi connectivity index (χ2n) is 8.84. The molecule has 0 N–H and O–H groups in total. The van der Waals surface area contributed by atoms with Crippen LogP contribution < -0.4 is 4.90 Å². The summed E-state index contributed by atoms with van der Waals surface area (Å²) in [6.45, 7) is 0. The third kappa shape index (κ3) is 5.04. The number of nitro groups is 1. The number of non-ortho nitro benzene ring substituents is 1. The van der Waals surface area contributed by atoms with Crippen LogP contribution in [0.2, 0.25) is 0 Å². The summed E-state index contributed by atoms with van der Waals surface area (Å²) in [6, 6.07) is 37.1. The topological polar surface area (TPSA) is 63.7 Å². The molecule has 0 aliphatic rings. The summed E-state index contributed by atoms with van der Waals surface area (Å²) in [5.41, 5.74) is 7.79. The van der Waals surface area contributed by atoms with Crippen molar-refractivity contribution in [3.05, 3.63) is 131 Å². The van der Waals surface area contributed by atoms with Gasteiger partial charge in [0.05, 0.1) is 22.0 Å². The van der Waals surface area contributed by atoms with E-state index in [9.17, 15) is 10.1 Å². The molecule has 0 spiro atoms. The Labute approximate surface area is 215 Å². The van der Waals surface area contributed by atoms with Crippen LogP contribution in [-0.2, 0) is 0 Å². The van der Waals surface area contributed by atoms with Crippen LogP contribution in [0.3, 0.4) is 0 Å². The van der Waals surface area contributed by atoms with E-state index in [2.05, 4.69) is 39.8 Å². The van der Waals surface area contributed by atoms with Crippen molar-refractivity contribution in [3.8, 4) is 28.2 Å². The Bertz CT molecular complexity index is 1540. The molecule has 6 nitrogen and oxygen atoms in total. The smallest absolute Gasteiger partial charge is 0.269 e. The van der Waals surface area contributed by atoms with Crippen molar-refractivity contribution >= 4 is 23.3 Å². The Kier molecular flexibility index (Phi) is 6.64. The highest BCUT2D eigenvalue weighted by Gasteiger charge is 2.19. The zero-order valence-corrected chi connectivity index (χ0v) is 20.7. The van der Waals surface area contributed by atoms with E-state index < -0.39 is 0 Å². The average molecular weight is 487 g/mol. The molecule has 0 fully saturated rings. The Morgan fingerprint density at radius 2 is 1.38 bits per heavy atom. The molecule has 0 saturated carbocycles. The molecule has 0 aliphatic carbocycles. The normalized spacial score (nSPS) is 11.1. The number of hydrogen-bond donors (Lipinski definition) is 0. The highest BCUT2D eigenvalue weighted by Crippen LogP contribution is 2.36. The van der Waals surface area contributed by atoms with Gasteiger partial charge in [-0.25, -0.2) is 0 Å². The first-order chi connectivity index (χ1) is 18.0. The Balaban J connectivity index is 1.71. The van der Waals surface area contributed by atoms with Gasteiger partial charge in [-0.1, -0.05) is 60.7 Å². The average Bonchev–Trinajstić information content (AvgIpc) is 3.32. The number of rotatable bonds is 7. The van der Waals surface area contributed by atoms with Crippen molar-refractivity contribution in [2.24, 2.45) is 4.99 Å². The van der Waals surface area contributed by atoms with Crippen LogP contribution in [0.5, 0.6) is 0 Å². The van der Waals surface area contributed by atoms with Gasteiger partial charge in [-0.15, -0.1) is 0 Å². The molecule has 1 aromatic heterocycles. The summed E-state index contributed by atoms with van der Waals surface area (Å²) >= 11 is 0. The predicted molar refractivity (Wildman–Crippen MR) is 151 cm³/mol. The number of nitrogens with zero attached hydrogens (tertiary/aromatic N) is 4. The van der Waals surface area contributed by atoms with Crippen molar-refractivity contribution in [3.63, 3.8) is 0 Å². The number of benzene rings is 4. The van der Waals surface area contributed by atoms with Crippen LogP contribution in [0.25, 0.3) is 28.2 Å². The third-order valence-corrected chi connectivity index (χ3v) is 6.18. The second-order valence-corrected chi connectivity index (χ2v) is 8.84. The first-order valence-corrected chi connectivity index (χ1v) is 11.9. The molecule has 1 heterocycles. The zero-order valence-electron chi connectivity index (χ0n) is 20.7. The van der Waals surface area contributed by atoms with Gasteiger partial charge in [0.1, 0.15) is 0 Å². The number of anilines is 1. The minimum absolute atomic E-state index is 0.0568. The van der Waals surface area contributed by atoms with Gasteiger partial charge in [0.25, 0.3) is 5.69 Å². The van der Waals surface area contributed by atoms with Crippen LogP contribution >= 0.6 is 0 Å². The number of nitro benzene ring substituents is 1. The van der Waals surface area contributed by atoms with E-state index in [4.69, 9.17) is 4.99 Å². The number of aromatic nitrogens is 1. The van der Waals surface area contributed by atoms with E-state index in [1.807, 2.05) is 81.0 Å². The van der Waals surface area contributed by atoms with E-state index in [0.717, 1.165) is 45.1 Å². The first kappa shape index (κ1) is 23.8. The predicted octanol–water partition coefficient (Wildman–Crippen LogP) is 7.54. The number of hydrogen-bond acceptors (Lipinski definition) is 4. The first-order valence-electron chi connectivity index (χ1n) is 11.9. The van der Waals surface area contributed by atoms with Gasteiger partial charge in [0, 0.05) is 49.4 Å². The fourth-order valence-electron chi connectivity index (χ4n) is 4.31. The van der Waals surface area contributed by atoms with E-state index in [1.54, 1.807) is 24.3 Å². The Morgan fingerprint density at radius 1 is 0.784 bits per heavy atom. The van der Waals surface area contributed by atoms with Crippen LogP contribution in [0.4, 0.5) is 17.1 Å². The maximum Gasteiger partial charge on any atom is 0.269 e. The van der Waals surface area contributed by atoms with E-state index in [0.29, 0.717) is 0 Å². The molecular formula is C31H26N4O2. The van der Waals surface area contributed by atoms with Crippen LogP contribution in [0.15, 0.2) is 120 Å². The van der Waals surface area contributed by atoms with Gasteiger partial charge in [0.15, 0.2) is 0 Å². The molecular weight excluding hydrogens is 460 g/mol. The van der Waals surface area contributed by atoms with Gasteiger partial charge >= 0.3 is 0 Å².